The second-order valence-corrected chi connectivity index (χ2v) is 5.17. The molecular weight excluding hydrogens is 302 g/mol. The van der Waals surface area contributed by atoms with Crippen LogP contribution in [0.25, 0.3) is 10.8 Å². The molecule has 0 unspecified atom stereocenters. The smallest absolute Gasteiger partial charge is 0.0618 e. The number of nitrogens with two attached hydrogens (primary N) is 1. The fourth-order valence-corrected chi connectivity index (χ4v) is 2.40. The number of hydrogen-bond acceptors (Lipinski definition) is 3. The maximum absolute atomic E-state index is 6.01. The van der Waals surface area contributed by atoms with Gasteiger partial charge in [0.1, 0.15) is 0 Å². The maximum atomic E-state index is 6.01. The molecule has 1 heterocycles. The third-order valence-electron chi connectivity index (χ3n) is 2.96. The van der Waals surface area contributed by atoms with Crippen LogP contribution in [0.5, 0.6) is 0 Å². The Hall–Kier alpha value is -2.07. The van der Waals surface area contributed by atoms with Crippen LogP contribution in [0.3, 0.4) is 0 Å². The number of anilines is 3. The highest BCUT2D eigenvalue weighted by Gasteiger charge is 2.04. The lowest BCUT2D eigenvalue weighted by molar-refractivity contribution is 1.36. The van der Waals surface area contributed by atoms with Gasteiger partial charge in [-0.15, -0.1) is 0 Å². The highest BCUT2D eigenvalue weighted by atomic mass is 79.9. The predicted molar refractivity (Wildman–Crippen MR) is 83.6 cm³/mol. The van der Waals surface area contributed by atoms with E-state index in [0.717, 1.165) is 26.6 Å². The van der Waals surface area contributed by atoms with Crippen molar-refractivity contribution in [3.63, 3.8) is 0 Å². The molecular formula is C15H12BrN3. The van der Waals surface area contributed by atoms with Crippen molar-refractivity contribution in [2.24, 2.45) is 0 Å². The van der Waals surface area contributed by atoms with Crippen LogP contribution in [0.2, 0.25) is 0 Å². The standard InChI is InChI=1S/C15H12BrN3/c16-11-4-5-15(13(17)8-11)19-14-3-1-2-10-9-18-7-6-12(10)14/h1-9,19H,17H2. The Morgan fingerprint density at radius 3 is 2.79 bits per heavy atom. The summed E-state index contributed by atoms with van der Waals surface area (Å²) in [7, 11) is 0. The van der Waals surface area contributed by atoms with Crippen LogP contribution < -0.4 is 11.1 Å². The second kappa shape index (κ2) is 4.90. The number of rotatable bonds is 2. The number of pyridine rings is 1. The largest absolute Gasteiger partial charge is 0.397 e. The number of nitrogen functional groups attached to an aromatic ring is 1. The molecule has 1 aromatic heterocycles. The molecule has 3 rings (SSSR count). The number of benzene rings is 2. The first-order valence-electron chi connectivity index (χ1n) is 5.89. The molecule has 3 nitrogen and oxygen atoms in total. The van der Waals surface area contributed by atoms with Gasteiger partial charge in [0.05, 0.1) is 11.4 Å². The lowest BCUT2D eigenvalue weighted by atomic mass is 10.1. The van der Waals surface area contributed by atoms with Gasteiger partial charge in [-0.25, -0.2) is 0 Å². The van der Waals surface area contributed by atoms with Gasteiger partial charge in [0, 0.05) is 33.3 Å². The van der Waals surface area contributed by atoms with E-state index in [1.807, 2.05) is 48.7 Å². The molecule has 0 aliphatic rings. The summed E-state index contributed by atoms with van der Waals surface area (Å²) in [5, 5.41) is 5.59. The van der Waals surface area contributed by atoms with Crippen molar-refractivity contribution in [1.82, 2.24) is 4.98 Å². The molecule has 94 valence electrons. The van der Waals surface area contributed by atoms with Crippen molar-refractivity contribution in [3.8, 4) is 0 Å². The molecule has 3 N–H and O–H groups in total. The molecule has 0 aliphatic heterocycles. The maximum Gasteiger partial charge on any atom is 0.0618 e. The molecule has 3 aromatic rings. The van der Waals surface area contributed by atoms with Gasteiger partial charge in [0.25, 0.3) is 0 Å². The van der Waals surface area contributed by atoms with Gasteiger partial charge in [-0.05, 0) is 30.3 Å². The van der Waals surface area contributed by atoms with E-state index in [1.165, 1.54) is 0 Å². The van der Waals surface area contributed by atoms with E-state index in [2.05, 4.69) is 26.2 Å². The summed E-state index contributed by atoms with van der Waals surface area (Å²) in [5.74, 6) is 0. The average Bonchev–Trinajstić information content (AvgIpc) is 2.42. The minimum atomic E-state index is 0.709. The third-order valence-corrected chi connectivity index (χ3v) is 3.46. The number of halogens is 1. The average molecular weight is 314 g/mol. The second-order valence-electron chi connectivity index (χ2n) is 4.26. The van der Waals surface area contributed by atoms with Crippen LogP contribution >= 0.6 is 15.9 Å². The Bertz CT molecular complexity index is 735. The lowest BCUT2D eigenvalue weighted by Gasteiger charge is -2.12. The quantitative estimate of drug-likeness (QED) is 0.693. The first-order valence-corrected chi connectivity index (χ1v) is 6.68. The van der Waals surface area contributed by atoms with Gasteiger partial charge in [0.15, 0.2) is 0 Å². The molecule has 0 fully saturated rings. The van der Waals surface area contributed by atoms with Gasteiger partial charge in [-0.3, -0.25) is 4.98 Å². The number of nitrogens with zero attached hydrogens (tertiary/aromatic N) is 1. The van der Waals surface area contributed by atoms with Gasteiger partial charge >= 0.3 is 0 Å². The zero-order valence-corrected chi connectivity index (χ0v) is 11.7. The zero-order valence-electron chi connectivity index (χ0n) is 10.1. The van der Waals surface area contributed by atoms with E-state index in [0.29, 0.717) is 5.69 Å². The van der Waals surface area contributed by atoms with E-state index in [4.69, 9.17) is 5.73 Å². The molecule has 2 aromatic carbocycles. The highest BCUT2D eigenvalue weighted by Crippen LogP contribution is 2.30. The molecule has 0 radical (unpaired) electrons. The minimum Gasteiger partial charge on any atom is -0.397 e. The Labute approximate surface area is 119 Å². The van der Waals surface area contributed by atoms with Gasteiger partial charge < -0.3 is 11.1 Å². The van der Waals surface area contributed by atoms with E-state index < -0.39 is 0 Å². The van der Waals surface area contributed by atoms with Crippen LogP contribution in [0.15, 0.2) is 59.3 Å². The highest BCUT2D eigenvalue weighted by molar-refractivity contribution is 9.10. The molecule has 0 saturated carbocycles. The van der Waals surface area contributed by atoms with E-state index in [-0.39, 0.29) is 0 Å². The van der Waals surface area contributed by atoms with Crippen LogP contribution in [-0.4, -0.2) is 4.98 Å². The van der Waals surface area contributed by atoms with E-state index in [1.54, 1.807) is 6.20 Å². The SMILES string of the molecule is Nc1cc(Br)ccc1Nc1cccc2cnccc12. The third kappa shape index (κ3) is 2.39. The number of fused-ring (bicyclic) bond motifs is 1. The molecule has 0 bridgehead atoms. The fraction of sp³-hybridized carbons (Fsp3) is 0. The molecule has 0 aliphatic carbocycles. The summed E-state index contributed by atoms with van der Waals surface area (Å²) in [6.07, 6.45) is 3.64. The van der Waals surface area contributed by atoms with Crippen molar-refractivity contribution in [3.05, 3.63) is 59.3 Å². The van der Waals surface area contributed by atoms with Crippen LogP contribution in [0.1, 0.15) is 0 Å². The van der Waals surface area contributed by atoms with Gasteiger partial charge in [0.2, 0.25) is 0 Å². The molecule has 0 atom stereocenters. The van der Waals surface area contributed by atoms with Crippen molar-refractivity contribution in [1.29, 1.82) is 0 Å². The predicted octanol–water partition coefficient (Wildman–Crippen LogP) is 4.32. The van der Waals surface area contributed by atoms with Gasteiger partial charge in [-0.1, -0.05) is 28.1 Å². The Morgan fingerprint density at radius 2 is 1.95 bits per heavy atom. The molecule has 0 amide bonds. The van der Waals surface area contributed by atoms with Crippen LogP contribution in [-0.2, 0) is 0 Å². The minimum absolute atomic E-state index is 0.709. The van der Waals surface area contributed by atoms with Crippen molar-refractivity contribution in [2.75, 3.05) is 11.1 Å². The molecule has 19 heavy (non-hydrogen) atoms. The Kier molecular flexibility index (Phi) is 3.09. The summed E-state index contributed by atoms with van der Waals surface area (Å²) < 4.78 is 0.970. The van der Waals surface area contributed by atoms with Crippen LogP contribution in [0, 0.1) is 0 Å². The van der Waals surface area contributed by atoms with Gasteiger partial charge in [-0.2, -0.15) is 0 Å². The number of nitrogens with one attached hydrogen (secondary N) is 1. The Morgan fingerprint density at radius 1 is 1.05 bits per heavy atom. The molecule has 0 saturated heterocycles. The lowest BCUT2D eigenvalue weighted by Crippen LogP contribution is -1.96. The topological polar surface area (TPSA) is 50.9 Å². The number of aromatic nitrogens is 1. The first kappa shape index (κ1) is 12.0. The van der Waals surface area contributed by atoms with E-state index in [9.17, 15) is 0 Å². The van der Waals surface area contributed by atoms with Crippen molar-refractivity contribution >= 4 is 43.8 Å². The summed E-state index contributed by atoms with van der Waals surface area (Å²) >= 11 is 3.41. The van der Waals surface area contributed by atoms with Crippen LogP contribution in [0.4, 0.5) is 17.1 Å². The molecule has 0 spiro atoms. The van der Waals surface area contributed by atoms with Crippen molar-refractivity contribution < 1.29 is 0 Å². The van der Waals surface area contributed by atoms with Crippen molar-refractivity contribution in [2.45, 2.75) is 0 Å². The monoisotopic (exact) mass is 313 g/mol. The summed E-state index contributed by atoms with van der Waals surface area (Å²) in [4.78, 5) is 4.13. The summed E-state index contributed by atoms with van der Waals surface area (Å²) in [6, 6.07) is 13.9. The molecule has 4 heteroatoms. The summed E-state index contributed by atoms with van der Waals surface area (Å²) in [6.45, 7) is 0. The number of hydrogen-bond donors (Lipinski definition) is 2. The fourth-order valence-electron chi connectivity index (χ4n) is 2.02. The Balaban J connectivity index is 2.06. The normalized spacial score (nSPS) is 10.6. The summed E-state index contributed by atoms with van der Waals surface area (Å²) in [5.41, 5.74) is 8.64. The first-order chi connectivity index (χ1) is 9.24. The zero-order chi connectivity index (χ0) is 13.2. The van der Waals surface area contributed by atoms with E-state index >= 15 is 0 Å².